The molecule has 0 amide bonds. The van der Waals surface area contributed by atoms with Crippen LogP contribution >= 0.6 is 22.9 Å². The first kappa shape index (κ1) is 13.3. The molecule has 0 saturated carbocycles. The van der Waals surface area contributed by atoms with E-state index in [1.165, 1.54) is 11.3 Å². The topological polar surface area (TPSA) is 65.2 Å². The van der Waals surface area contributed by atoms with Gasteiger partial charge in [0.25, 0.3) is 0 Å². The van der Waals surface area contributed by atoms with Crippen molar-refractivity contribution in [1.82, 2.24) is 4.98 Å². The Morgan fingerprint density at radius 2 is 2.31 bits per heavy atom. The zero-order valence-corrected chi connectivity index (χ0v) is 10.7. The Morgan fingerprint density at radius 3 is 2.94 bits per heavy atom. The van der Waals surface area contributed by atoms with Crippen LogP contribution in [0.25, 0.3) is 0 Å². The molecule has 0 atom stereocenters. The third-order valence-corrected chi connectivity index (χ3v) is 3.15. The Labute approximate surface area is 104 Å². The lowest BCUT2D eigenvalue weighted by molar-refractivity contribution is 0.0530. The van der Waals surface area contributed by atoms with Crippen molar-refractivity contribution in [1.29, 1.82) is 0 Å². The lowest BCUT2D eigenvalue weighted by atomic mass is 10.2. The van der Waals surface area contributed by atoms with Crippen molar-refractivity contribution in [2.24, 2.45) is 0 Å². The first-order valence-electron chi connectivity index (χ1n) is 5.17. The van der Waals surface area contributed by atoms with Crippen LogP contribution in [0.3, 0.4) is 0 Å². The van der Waals surface area contributed by atoms with Crippen molar-refractivity contribution in [3.05, 3.63) is 10.6 Å². The minimum atomic E-state index is -0.336. The number of hydrogen-bond donors (Lipinski definition) is 1. The van der Waals surface area contributed by atoms with E-state index in [0.29, 0.717) is 28.9 Å². The van der Waals surface area contributed by atoms with Gasteiger partial charge in [-0.1, -0.05) is 11.3 Å². The SMILES string of the molecule is CCOC(=O)c1sc(N)nc1CCCCCl. The predicted molar refractivity (Wildman–Crippen MR) is 66.1 cm³/mol. The number of carbonyl (C=O) groups is 1. The van der Waals surface area contributed by atoms with E-state index >= 15 is 0 Å². The van der Waals surface area contributed by atoms with Gasteiger partial charge in [0.1, 0.15) is 4.88 Å². The van der Waals surface area contributed by atoms with Crippen LogP contribution in [-0.4, -0.2) is 23.4 Å². The van der Waals surface area contributed by atoms with E-state index < -0.39 is 0 Å². The molecule has 1 heterocycles. The summed E-state index contributed by atoms with van der Waals surface area (Å²) in [4.78, 5) is 16.2. The number of ether oxygens (including phenoxy) is 1. The number of nitrogen functional groups attached to an aromatic ring is 1. The van der Waals surface area contributed by atoms with Gasteiger partial charge in [0.2, 0.25) is 0 Å². The number of alkyl halides is 1. The molecule has 0 fully saturated rings. The molecule has 0 saturated heterocycles. The minimum absolute atomic E-state index is 0.336. The molecule has 2 N–H and O–H groups in total. The Kier molecular flexibility index (Phi) is 5.55. The minimum Gasteiger partial charge on any atom is -0.462 e. The fraction of sp³-hybridized carbons (Fsp3) is 0.600. The average molecular weight is 263 g/mol. The largest absolute Gasteiger partial charge is 0.462 e. The fourth-order valence-electron chi connectivity index (χ4n) is 1.28. The molecule has 0 aliphatic heterocycles. The number of esters is 1. The Hall–Kier alpha value is -0.810. The number of anilines is 1. The number of unbranched alkanes of at least 4 members (excludes halogenated alkanes) is 1. The quantitative estimate of drug-likeness (QED) is 0.486. The number of nitrogens with zero attached hydrogens (tertiary/aromatic N) is 1. The van der Waals surface area contributed by atoms with E-state index in [1.54, 1.807) is 6.92 Å². The van der Waals surface area contributed by atoms with E-state index in [4.69, 9.17) is 22.1 Å². The molecule has 90 valence electrons. The summed E-state index contributed by atoms with van der Waals surface area (Å²) in [5, 5.41) is 0.406. The number of nitrogens with two attached hydrogens (primary N) is 1. The van der Waals surface area contributed by atoms with Crippen molar-refractivity contribution in [3.8, 4) is 0 Å². The first-order valence-corrected chi connectivity index (χ1v) is 6.52. The zero-order valence-electron chi connectivity index (χ0n) is 9.16. The zero-order chi connectivity index (χ0) is 12.0. The van der Waals surface area contributed by atoms with Gasteiger partial charge in [-0.3, -0.25) is 0 Å². The predicted octanol–water partition coefficient (Wildman–Crippen LogP) is 2.46. The average Bonchev–Trinajstić information content (AvgIpc) is 2.61. The highest BCUT2D eigenvalue weighted by molar-refractivity contribution is 7.17. The van der Waals surface area contributed by atoms with Gasteiger partial charge in [-0.05, 0) is 26.2 Å². The molecule has 0 radical (unpaired) electrons. The van der Waals surface area contributed by atoms with Crippen LogP contribution in [0.4, 0.5) is 5.13 Å². The van der Waals surface area contributed by atoms with Gasteiger partial charge < -0.3 is 10.5 Å². The van der Waals surface area contributed by atoms with E-state index in [9.17, 15) is 4.79 Å². The Balaban J connectivity index is 2.70. The molecule has 1 rings (SSSR count). The van der Waals surface area contributed by atoms with Gasteiger partial charge in [-0.2, -0.15) is 0 Å². The molecule has 0 aromatic carbocycles. The van der Waals surface area contributed by atoms with Crippen molar-refractivity contribution in [2.75, 3.05) is 18.2 Å². The number of aromatic nitrogens is 1. The van der Waals surface area contributed by atoms with Crippen LogP contribution in [0, 0.1) is 0 Å². The number of carbonyl (C=O) groups excluding carboxylic acids is 1. The number of thiazole rings is 1. The van der Waals surface area contributed by atoms with Crippen molar-refractivity contribution in [2.45, 2.75) is 26.2 Å². The van der Waals surface area contributed by atoms with Gasteiger partial charge in [0, 0.05) is 5.88 Å². The maximum Gasteiger partial charge on any atom is 0.350 e. The first-order chi connectivity index (χ1) is 7.69. The van der Waals surface area contributed by atoms with E-state index in [0.717, 1.165) is 18.5 Å². The molecular weight excluding hydrogens is 248 g/mol. The third-order valence-electron chi connectivity index (χ3n) is 1.97. The van der Waals surface area contributed by atoms with E-state index in [1.807, 2.05) is 0 Å². The normalized spacial score (nSPS) is 10.4. The van der Waals surface area contributed by atoms with Crippen molar-refractivity contribution >= 4 is 34.0 Å². The van der Waals surface area contributed by atoms with Gasteiger partial charge in [0.15, 0.2) is 5.13 Å². The Bertz CT molecular complexity index is 355. The van der Waals surface area contributed by atoms with E-state index in [2.05, 4.69) is 4.98 Å². The lowest BCUT2D eigenvalue weighted by Gasteiger charge is -2.01. The molecule has 0 unspecified atom stereocenters. The smallest absolute Gasteiger partial charge is 0.350 e. The molecule has 0 aliphatic rings. The fourth-order valence-corrected chi connectivity index (χ4v) is 2.24. The summed E-state index contributed by atoms with van der Waals surface area (Å²) in [6, 6.07) is 0. The number of hydrogen-bond acceptors (Lipinski definition) is 5. The van der Waals surface area contributed by atoms with Gasteiger partial charge in [-0.25, -0.2) is 9.78 Å². The summed E-state index contributed by atoms with van der Waals surface area (Å²) in [6.45, 7) is 2.13. The molecule has 4 nitrogen and oxygen atoms in total. The molecule has 0 aliphatic carbocycles. The van der Waals surface area contributed by atoms with Crippen LogP contribution in [0.2, 0.25) is 0 Å². The van der Waals surface area contributed by atoms with Crippen LogP contribution < -0.4 is 5.73 Å². The van der Waals surface area contributed by atoms with Crippen LogP contribution in [0.5, 0.6) is 0 Å². The molecule has 0 bridgehead atoms. The Morgan fingerprint density at radius 1 is 1.56 bits per heavy atom. The highest BCUT2D eigenvalue weighted by Crippen LogP contribution is 2.23. The second-order valence-corrected chi connectivity index (χ2v) is 4.60. The summed E-state index contributed by atoms with van der Waals surface area (Å²) >= 11 is 6.77. The second-order valence-electron chi connectivity index (χ2n) is 3.19. The molecule has 1 aromatic heterocycles. The summed E-state index contributed by atoms with van der Waals surface area (Å²) in [7, 11) is 0. The number of rotatable bonds is 6. The molecular formula is C10H15ClN2O2S. The number of halogens is 1. The summed E-state index contributed by atoms with van der Waals surface area (Å²) < 4.78 is 4.94. The molecule has 16 heavy (non-hydrogen) atoms. The van der Waals surface area contributed by atoms with Crippen LogP contribution in [0.1, 0.15) is 35.1 Å². The maximum atomic E-state index is 11.6. The maximum absolute atomic E-state index is 11.6. The molecule has 0 spiro atoms. The second kappa shape index (κ2) is 6.70. The highest BCUT2D eigenvalue weighted by Gasteiger charge is 2.17. The summed E-state index contributed by atoms with van der Waals surface area (Å²) in [5.41, 5.74) is 6.32. The molecule has 6 heteroatoms. The molecule has 1 aromatic rings. The standard InChI is InChI=1S/C10H15ClN2O2S/c1-2-15-9(14)8-7(5-3-4-6-11)13-10(12)16-8/h2-6H2,1H3,(H2,12,13). The van der Waals surface area contributed by atoms with Crippen molar-refractivity contribution < 1.29 is 9.53 Å². The van der Waals surface area contributed by atoms with Gasteiger partial charge in [-0.15, -0.1) is 11.6 Å². The number of aryl methyl sites for hydroxylation is 1. The van der Waals surface area contributed by atoms with Gasteiger partial charge >= 0.3 is 5.97 Å². The van der Waals surface area contributed by atoms with Gasteiger partial charge in [0.05, 0.1) is 12.3 Å². The third kappa shape index (κ3) is 3.64. The summed E-state index contributed by atoms with van der Waals surface area (Å²) in [5.74, 6) is 0.284. The lowest BCUT2D eigenvalue weighted by Crippen LogP contribution is -2.05. The summed E-state index contributed by atoms with van der Waals surface area (Å²) in [6.07, 6.45) is 2.52. The van der Waals surface area contributed by atoms with Crippen LogP contribution in [0.15, 0.2) is 0 Å². The van der Waals surface area contributed by atoms with E-state index in [-0.39, 0.29) is 5.97 Å². The monoisotopic (exact) mass is 262 g/mol. The van der Waals surface area contributed by atoms with Crippen molar-refractivity contribution in [3.63, 3.8) is 0 Å². The van der Waals surface area contributed by atoms with Crippen LogP contribution in [-0.2, 0) is 11.2 Å². The highest BCUT2D eigenvalue weighted by atomic mass is 35.5.